The van der Waals surface area contributed by atoms with Gasteiger partial charge in [0.25, 0.3) is 5.56 Å². The third kappa shape index (κ3) is 5.25. The van der Waals surface area contributed by atoms with Crippen LogP contribution in [0.15, 0.2) is 56.5 Å². The molecule has 0 radical (unpaired) electrons. The van der Waals surface area contributed by atoms with Crippen LogP contribution < -0.4 is 31.4 Å². The lowest BCUT2D eigenvalue weighted by atomic mass is 10.2. The zero-order chi connectivity index (χ0) is 27.5. The van der Waals surface area contributed by atoms with E-state index in [1.54, 1.807) is 42.5 Å². The van der Waals surface area contributed by atoms with Gasteiger partial charge in [-0.2, -0.15) is 0 Å². The molecular weight excluding hydrogens is 504 g/mol. The molecule has 1 aliphatic carbocycles. The molecule has 1 fully saturated rings. The number of fused-ring (bicyclic) bond motifs is 3. The number of nitrogens with zero attached hydrogens (tertiary/aromatic N) is 2. The van der Waals surface area contributed by atoms with Crippen LogP contribution in [0.3, 0.4) is 0 Å². The van der Waals surface area contributed by atoms with Crippen molar-refractivity contribution in [1.82, 2.24) is 19.8 Å². The number of carbonyl (C=O) groups is 2. The van der Waals surface area contributed by atoms with Crippen molar-refractivity contribution in [3.63, 3.8) is 0 Å². The van der Waals surface area contributed by atoms with Crippen LogP contribution in [-0.4, -0.2) is 41.2 Å². The Morgan fingerprint density at radius 1 is 0.949 bits per heavy atom. The van der Waals surface area contributed by atoms with Crippen LogP contribution in [0, 0.1) is 0 Å². The SMILES string of the molecule is COc1ccc(CNC(=O)Cn2c(=O)n(CC(=O)NC3CCCC3)c(=O)c3oc4ccccc4c32)cc1OC. The van der Waals surface area contributed by atoms with E-state index < -0.39 is 29.6 Å². The molecule has 4 aromatic rings. The molecule has 11 nitrogen and oxygen atoms in total. The largest absolute Gasteiger partial charge is 0.493 e. The molecule has 0 saturated heterocycles. The number of ether oxygens (including phenoxy) is 2. The Bertz CT molecular complexity index is 1660. The number of para-hydroxylation sites is 1. The van der Waals surface area contributed by atoms with E-state index in [-0.39, 0.29) is 30.2 Å². The third-order valence-corrected chi connectivity index (χ3v) is 7.00. The van der Waals surface area contributed by atoms with Crippen molar-refractivity contribution >= 4 is 33.9 Å². The van der Waals surface area contributed by atoms with Crippen LogP contribution in [0.2, 0.25) is 0 Å². The molecule has 5 rings (SSSR count). The fourth-order valence-electron chi connectivity index (χ4n) is 5.06. The minimum atomic E-state index is -0.762. The van der Waals surface area contributed by atoms with Crippen LogP contribution in [-0.2, 0) is 29.2 Å². The molecule has 2 aromatic carbocycles. The fraction of sp³-hybridized carbons (Fsp3) is 0.357. The fourth-order valence-corrected chi connectivity index (χ4v) is 5.06. The highest BCUT2D eigenvalue weighted by atomic mass is 16.5. The zero-order valence-corrected chi connectivity index (χ0v) is 21.8. The number of rotatable bonds is 9. The van der Waals surface area contributed by atoms with Gasteiger partial charge in [-0.3, -0.25) is 19.0 Å². The van der Waals surface area contributed by atoms with Gasteiger partial charge in [-0.05, 0) is 42.7 Å². The molecule has 2 N–H and O–H groups in total. The summed E-state index contributed by atoms with van der Waals surface area (Å²) >= 11 is 0. The monoisotopic (exact) mass is 534 g/mol. The summed E-state index contributed by atoms with van der Waals surface area (Å²) in [5.41, 5.74) is -0.180. The van der Waals surface area contributed by atoms with Gasteiger partial charge in [-0.15, -0.1) is 0 Å². The van der Waals surface area contributed by atoms with Crippen molar-refractivity contribution in [3.8, 4) is 11.5 Å². The van der Waals surface area contributed by atoms with Gasteiger partial charge in [0.1, 0.15) is 24.2 Å². The molecule has 0 unspecified atom stereocenters. The molecule has 11 heteroatoms. The summed E-state index contributed by atoms with van der Waals surface area (Å²) in [7, 11) is 3.06. The van der Waals surface area contributed by atoms with Gasteiger partial charge < -0.3 is 24.5 Å². The Kier molecular flexibility index (Phi) is 7.40. The van der Waals surface area contributed by atoms with Crippen LogP contribution in [0.1, 0.15) is 31.2 Å². The Morgan fingerprint density at radius 3 is 2.41 bits per heavy atom. The van der Waals surface area contributed by atoms with E-state index in [9.17, 15) is 19.2 Å². The second kappa shape index (κ2) is 11.1. The number of amides is 2. The molecule has 0 aliphatic heterocycles. The van der Waals surface area contributed by atoms with Crippen LogP contribution >= 0.6 is 0 Å². The molecule has 2 heterocycles. The standard InChI is InChI=1S/C28H30N4O7/c1-37-21-12-11-17(13-22(21)38-2)14-29-23(33)15-31-25-19-9-5-6-10-20(19)39-26(25)27(35)32(28(31)36)16-24(34)30-18-7-3-4-8-18/h5-6,9-13,18H,3-4,7-8,14-16H2,1-2H3,(H,29,33)(H,30,34). The number of methoxy groups -OCH3 is 2. The van der Waals surface area contributed by atoms with E-state index >= 15 is 0 Å². The van der Waals surface area contributed by atoms with Crippen molar-refractivity contribution in [2.45, 2.75) is 51.4 Å². The highest BCUT2D eigenvalue weighted by molar-refractivity contribution is 6.02. The summed E-state index contributed by atoms with van der Waals surface area (Å²) in [6.45, 7) is -0.669. The highest BCUT2D eigenvalue weighted by Crippen LogP contribution is 2.28. The minimum Gasteiger partial charge on any atom is -0.493 e. The van der Waals surface area contributed by atoms with Gasteiger partial charge in [0, 0.05) is 18.0 Å². The number of aromatic nitrogens is 2. The molecule has 0 spiro atoms. The quantitative estimate of drug-likeness (QED) is 0.337. The molecule has 1 saturated carbocycles. The van der Waals surface area contributed by atoms with Crippen LogP contribution in [0.25, 0.3) is 22.1 Å². The van der Waals surface area contributed by atoms with E-state index in [1.807, 2.05) is 0 Å². The first kappa shape index (κ1) is 26.1. The number of hydrogen-bond donors (Lipinski definition) is 2. The van der Waals surface area contributed by atoms with Crippen molar-refractivity contribution in [2.24, 2.45) is 0 Å². The molecule has 1 aliphatic rings. The second-order valence-corrected chi connectivity index (χ2v) is 9.55. The third-order valence-electron chi connectivity index (χ3n) is 7.00. The van der Waals surface area contributed by atoms with Crippen LogP contribution in [0.4, 0.5) is 0 Å². The number of benzene rings is 2. The maximum atomic E-state index is 13.6. The molecule has 2 amide bonds. The van der Waals surface area contributed by atoms with Gasteiger partial charge >= 0.3 is 5.69 Å². The topological polar surface area (TPSA) is 134 Å². The number of carbonyl (C=O) groups excluding carboxylic acids is 2. The summed E-state index contributed by atoms with van der Waals surface area (Å²) in [6, 6.07) is 12.2. The molecule has 39 heavy (non-hydrogen) atoms. The van der Waals surface area contributed by atoms with Crippen molar-refractivity contribution in [3.05, 3.63) is 68.9 Å². The van der Waals surface area contributed by atoms with E-state index in [0.29, 0.717) is 22.5 Å². The molecular formula is C28H30N4O7. The molecule has 204 valence electrons. The first-order valence-electron chi connectivity index (χ1n) is 12.8. The summed E-state index contributed by atoms with van der Waals surface area (Å²) in [5, 5.41) is 6.22. The maximum Gasteiger partial charge on any atom is 0.332 e. The normalized spacial score (nSPS) is 13.6. The molecule has 0 bridgehead atoms. The average molecular weight is 535 g/mol. The zero-order valence-electron chi connectivity index (χ0n) is 21.8. The van der Waals surface area contributed by atoms with E-state index in [0.717, 1.165) is 35.8 Å². The molecule has 0 atom stereocenters. The summed E-state index contributed by atoms with van der Waals surface area (Å²) in [5.74, 6) is 0.197. The Labute approximate surface area is 223 Å². The lowest BCUT2D eigenvalue weighted by Crippen LogP contribution is -2.46. The Morgan fingerprint density at radius 2 is 1.67 bits per heavy atom. The lowest BCUT2D eigenvalue weighted by molar-refractivity contribution is -0.122. The first-order chi connectivity index (χ1) is 18.9. The molecule has 2 aromatic heterocycles. The van der Waals surface area contributed by atoms with Gasteiger partial charge in [0.2, 0.25) is 17.4 Å². The lowest BCUT2D eigenvalue weighted by Gasteiger charge is -2.14. The van der Waals surface area contributed by atoms with Crippen LogP contribution in [0.5, 0.6) is 11.5 Å². The van der Waals surface area contributed by atoms with Crippen molar-refractivity contribution < 1.29 is 23.5 Å². The number of nitrogens with one attached hydrogen (secondary N) is 2. The average Bonchev–Trinajstić information content (AvgIpc) is 3.60. The van der Waals surface area contributed by atoms with Gasteiger partial charge in [-0.1, -0.05) is 31.0 Å². The predicted molar refractivity (Wildman–Crippen MR) is 144 cm³/mol. The summed E-state index contributed by atoms with van der Waals surface area (Å²) < 4.78 is 18.4. The van der Waals surface area contributed by atoms with E-state index in [4.69, 9.17) is 13.9 Å². The number of furan rings is 1. The summed E-state index contributed by atoms with van der Waals surface area (Å²) in [4.78, 5) is 52.6. The smallest absolute Gasteiger partial charge is 0.332 e. The van der Waals surface area contributed by atoms with Gasteiger partial charge in [0.15, 0.2) is 11.5 Å². The summed E-state index contributed by atoms with van der Waals surface area (Å²) in [6.07, 6.45) is 3.80. The highest BCUT2D eigenvalue weighted by Gasteiger charge is 2.24. The van der Waals surface area contributed by atoms with E-state index in [2.05, 4.69) is 10.6 Å². The Balaban J connectivity index is 1.46. The van der Waals surface area contributed by atoms with E-state index in [1.165, 1.54) is 18.8 Å². The van der Waals surface area contributed by atoms with Gasteiger partial charge in [-0.25, -0.2) is 9.36 Å². The maximum absolute atomic E-state index is 13.6. The predicted octanol–water partition coefficient (Wildman–Crippen LogP) is 2.30. The van der Waals surface area contributed by atoms with Gasteiger partial charge in [0.05, 0.1) is 14.2 Å². The Hall–Kier alpha value is -4.54. The number of hydrogen-bond acceptors (Lipinski definition) is 7. The first-order valence-corrected chi connectivity index (χ1v) is 12.8. The van der Waals surface area contributed by atoms with Crippen molar-refractivity contribution in [2.75, 3.05) is 14.2 Å². The second-order valence-electron chi connectivity index (χ2n) is 9.55. The van der Waals surface area contributed by atoms with Crippen molar-refractivity contribution in [1.29, 1.82) is 0 Å². The minimum absolute atomic E-state index is 0.0349.